The maximum absolute atomic E-state index is 10.7. The molecule has 0 aliphatic rings. The van der Waals surface area contributed by atoms with Crippen LogP contribution in [0.4, 0.5) is 5.69 Å². The van der Waals surface area contributed by atoms with Gasteiger partial charge in [-0.05, 0) is 24.3 Å². The van der Waals surface area contributed by atoms with Gasteiger partial charge < -0.3 is 19.9 Å². The highest BCUT2D eigenvalue weighted by molar-refractivity contribution is 5.85. The summed E-state index contributed by atoms with van der Waals surface area (Å²) in [5.74, 6) is 0.401. The van der Waals surface area contributed by atoms with Gasteiger partial charge in [-0.25, -0.2) is 9.78 Å². The molecule has 0 saturated heterocycles. The lowest BCUT2D eigenvalue weighted by molar-refractivity contribution is 0.0690. The number of rotatable bonds is 6. The van der Waals surface area contributed by atoms with Gasteiger partial charge in [0.25, 0.3) is 0 Å². The highest BCUT2D eigenvalue weighted by Gasteiger charge is 2.06. The van der Waals surface area contributed by atoms with E-state index in [1.807, 2.05) is 18.2 Å². The van der Waals surface area contributed by atoms with Gasteiger partial charge in [0.1, 0.15) is 17.2 Å². The van der Waals surface area contributed by atoms with Crippen LogP contribution >= 0.6 is 0 Å². The summed E-state index contributed by atoms with van der Waals surface area (Å²) in [5.41, 5.74) is 1.71. The number of benzene rings is 1. The van der Waals surface area contributed by atoms with Crippen LogP contribution in [-0.2, 0) is 6.54 Å². The lowest BCUT2D eigenvalue weighted by Crippen LogP contribution is -2.04. The minimum absolute atomic E-state index is 0.0163. The van der Waals surface area contributed by atoms with Gasteiger partial charge in [0.2, 0.25) is 0 Å². The van der Waals surface area contributed by atoms with E-state index in [1.165, 1.54) is 12.3 Å². The molecule has 6 nitrogen and oxygen atoms in total. The summed E-state index contributed by atoms with van der Waals surface area (Å²) in [7, 11) is 3.20. The van der Waals surface area contributed by atoms with Crippen LogP contribution in [0.1, 0.15) is 16.1 Å². The number of hydrogen-bond donors (Lipinski definition) is 2. The first-order valence-electron chi connectivity index (χ1n) is 6.28. The molecule has 2 aromatic rings. The summed E-state index contributed by atoms with van der Waals surface area (Å²) < 4.78 is 10.5. The average Bonchev–Trinajstić information content (AvgIpc) is 2.53. The Kier molecular flexibility index (Phi) is 4.61. The molecule has 110 valence electrons. The summed E-state index contributed by atoms with van der Waals surface area (Å²) in [6, 6.07) is 8.69. The standard InChI is InChI=1S/C15H16N2O4/c1-20-12-5-3-10(14(7-12)21-2)8-16-11-4-6-13(15(18)19)17-9-11/h3-7,9,16H,8H2,1-2H3,(H,18,19). The van der Waals surface area contributed by atoms with Crippen molar-refractivity contribution in [1.82, 2.24) is 4.98 Å². The molecule has 1 aromatic carbocycles. The molecule has 0 bridgehead atoms. The number of nitrogens with one attached hydrogen (secondary N) is 1. The molecule has 1 aromatic heterocycles. The number of hydrogen-bond acceptors (Lipinski definition) is 5. The van der Waals surface area contributed by atoms with Crippen molar-refractivity contribution in [3.05, 3.63) is 47.8 Å². The van der Waals surface area contributed by atoms with Gasteiger partial charge in [-0.2, -0.15) is 0 Å². The molecule has 2 rings (SSSR count). The van der Waals surface area contributed by atoms with Crippen LogP contribution in [0.3, 0.4) is 0 Å². The van der Waals surface area contributed by atoms with Crippen LogP contribution in [-0.4, -0.2) is 30.3 Å². The number of carboxylic acids is 1. The molecule has 0 saturated carbocycles. The number of nitrogens with zero attached hydrogens (tertiary/aromatic N) is 1. The van der Waals surface area contributed by atoms with Crippen LogP contribution < -0.4 is 14.8 Å². The van der Waals surface area contributed by atoms with E-state index in [4.69, 9.17) is 14.6 Å². The molecule has 0 aliphatic heterocycles. The van der Waals surface area contributed by atoms with E-state index in [0.717, 1.165) is 22.7 Å². The molecule has 6 heteroatoms. The van der Waals surface area contributed by atoms with E-state index < -0.39 is 5.97 Å². The van der Waals surface area contributed by atoms with Crippen LogP contribution in [0, 0.1) is 0 Å². The predicted molar refractivity (Wildman–Crippen MR) is 78.1 cm³/mol. The zero-order valence-corrected chi connectivity index (χ0v) is 11.8. The van der Waals surface area contributed by atoms with Gasteiger partial charge in [-0.3, -0.25) is 0 Å². The first kappa shape index (κ1) is 14.6. The normalized spacial score (nSPS) is 10.0. The predicted octanol–water partition coefficient (Wildman–Crippen LogP) is 2.41. The van der Waals surface area contributed by atoms with Crippen molar-refractivity contribution in [2.24, 2.45) is 0 Å². The number of methoxy groups -OCH3 is 2. The second-order valence-corrected chi connectivity index (χ2v) is 4.27. The van der Waals surface area contributed by atoms with Crippen LogP contribution in [0.2, 0.25) is 0 Å². The lowest BCUT2D eigenvalue weighted by Gasteiger charge is -2.12. The third kappa shape index (κ3) is 3.62. The summed E-state index contributed by atoms with van der Waals surface area (Å²) in [4.78, 5) is 14.6. The fourth-order valence-electron chi connectivity index (χ4n) is 1.82. The van der Waals surface area contributed by atoms with Crippen molar-refractivity contribution in [2.45, 2.75) is 6.54 Å². The van der Waals surface area contributed by atoms with E-state index in [1.54, 1.807) is 20.3 Å². The Labute approximate surface area is 122 Å². The van der Waals surface area contributed by atoms with Crippen molar-refractivity contribution in [1.29, 1.82) is 0 Å². The Bertz CT molecular complexity index is 626. The smallest absolute Gasteiger partial charge is 0.354 e. The Balaban J connectivity index is 2.07. The van der Waals surface area contributed by atoms with Crippen LogP contribution in [0.15, 0.2) is 36.5 Å². The maximum Gasteiger partial charge on any atom is 0.354 e. The zero-order chi connectivity index (χ0) is 15.2. The van der Waals surface area contributed by atoms with Crippen LogP contribution in [0.25, 0.3) is 0 Å². The zero-order valence-electron chi connectivity index (χ0n) is 11.8. The molecule has 1 heterocycles. The van der Waals surface area contributed by atoms with Gasteiger partial charge in [-0.1, -0.05) is 0 Å². The first-order chi connectivity index (χ1) is 10.1. The quantitative estimate of drug-likeness (QED) is 0.849. The van der Waals surface area contributed by atoms with Gasteiger partial charge in [0.15, 0.2) is 0 Å². The molecule has 21 heavy (non-hydrogen) atoms. The monoisotopic (exact) mass is 288 g/mol. The van der Waals surface area contributed by atoms with E-state index in [-0.39, 0.29) is 5.69 Å². The second-order valence-electron chi connectivity index (χ2n) is 4.27. The molecule has 0 spiro atoms. The highest BCUT2D eigenvalue weighted by Crippen LogP contribution is 2.25. The topological polar surface area (TPSA) is 80.7 Å². The number of carboxylic acid groups (broad SMARTS) is 1. The maximum atomic E-state index is 10.7. The van der Waals surface area contributed by atoms with E-state index >= 15 is 0 Å². The SMILES string of the molecule is COc1ccc(CNc2ccc(C(=O)O)nc2)c(OC)c1. The molecular weight excluding hydrogens is 272 g/mol. The summed E-state index contributed by atoms with van der Waals surface area (Å²) in [5, 5.41) is 12.0. The summed E-state index contributed by atoms with van der Waals surface area (Å²) in [6.07, 6.45) is 1.49. The average molecular weight is 288 g/mol. The molecule has 0 aliphatic carbocycles. The third-order valence-corrected chi connectivity index (χ3v) is 2.96. The summed E-state index contributed by atoms with van der Waals surface area (Å²) >= 11 is 0. The lowest BCUT2D eigenvalue weighted by atomic mass is 10.2. The van der Waals surface area contributed by atoms with Gasteiger partial charge >= 0.3 is 5.97 Å². The fraction of sp³-hybridized carbons (Fsp3) is 0.200. The Morgan fingerprint density at radius 1 is 1.24 bits per heavy atom. The molecule has 0 atom stereocenters. The number of carbonyl (C=O) groups is 1. The fourth-order valence-corrected chi connectivity index (χ4v) is 1.82. The third-order valence-electron chi connectivity index (χ3n) is 2.96. The molecule has 0 radical (unpaired) electrons. The number of pyridine rings is 1. The molecule has 0 amide bonds. The minimum Gasteiger partial charge on any atom is -0.497 e. The van der Waals surface area contributed by atoms with Gasteiger partial charge in [0, 0.05) is 18.2 Å². The van der Waals surface area contributed by atoms with Crippen molar-refractivity contribution >= 4 is 11.7 Å². The second kappa shape index (κ2) is 6.60. The van der Waals surface area contributed by atoms with E-state index in [2.05, 4.69) is 10.3 Å². The summed E-state index contributed by atoms with van der Waals surface area (Å²) in [6.45, 7) is 0.529. The van der Waals surface area contributed by atoms with Gasteiger partial charge in [-0.15, -0.1) is 0 Å². The van der Waals surface area contributed by atoms with Crippen molar-refractivity contribution in [2.75, 3.05) is 19.5 Å². The van der Waals surface area contributed by atoms with E-state index in [0.29, 0.717) is 6.54 Å². The number of aromatic nitrogens is 1. The number of ether oxygens (including phenoxy) is 2. The Morgan fingerprint density at radius 2 is 2.05 bits per heavy atom. The molecule has 0 fully saturated rings. The highest BCUT2D eigenvalue weighted by atomic mass is 16.5. The molecular formula is C15H16N2O4. The molecule has 0 unspecified atom stereocenters. The minimum atomic E-state index is -1.04. The van der Waals surface area contributed by atoms with Crippen LogP contribution in [0.5, 0.6) is 11.5 Å². The first-order valence-corrected chi connectivity index (χ1v) is 6.28. The van der Waals surface area contributed by atoms with Crippen molar-refractivity contribution < 1.29 is 19.4 Å². The van der Waals surface area contributed by atoms with Crippen molar-refractivity contribution in [3.8, 4) is 11.5 Å². The van der Waals surface area contributed by atoms with Crippen molar-refractivity contribution in [3.63, 3.8) is 0 Å². The number of anilines is 1. The van der Waals surface area contributed by atoms with Gasteiger partial charge in [0.05, 0.1) is 26.1 Å². The largest absolute Gasteiger partial charge is 0.497 e. The Hall–Kier alpha value is -2.76. The number of aromatic carboxylic acids is 1. The Morgan fingerprint density at radius 3 is 2.62 bits per heavy atom. The van der Waals surface area contributed by atoms with E-state index in [9.17, 15) is 4.79 Å². The molecule has 2 N–H and O–H groups in total.